The fourth-order valence-electron chi connectivity index (χ4n) is 1.82. The molecule has 1 rings (SSSR count). The fourth-order valence-corrected chi connectivity index (χ4v) is 1.82. The molecule has 1 N–H and O–H groups in total. The summed E-state index contributed by atoms with van der Waals surface area (Å²) in [6, 6.07) is 0. The summed E-state index contributed by atoms with van der Waals surface area (Å²) in [5, 5.41) is 3.00. The molecule has 1 unspecified atom stereocenters. The third-order valence-electron chi connectivity index (χ3n) is 2.28. The highest BCUT2D eigenvalue weighted by Crippen LogP contribution is 2.14. The van der Waals surface area contributed by atoms with Gasteiger partial charge in [0.1, 0.15) is 0 Å². The molecule has 13 heavy (non-hydrogen) atoms. The molecule has 0 radical (unpaired) electrons. The first-order valence-corrected chi connectivity index (χ1v) is 5.04. The van der Waals surface area contributed by atoms with E-state index < -0.39 is 0 Å². The Hall–Kier alpha value is -0.570. The van der Waals surface area contributed by atoms with E-state index in [1.54, 1.807) is 0 Å². The molecule has 0 aliphatic carbocycles. The first-order valence-electron chi connectivity index (χ1n) is 5.04. The van der Waals surface area contributed by atoms with E-state index in [1.165, 1.54) is 0 Å². The predicted octanol–water partition coefficient (Wildman–Crippen LogP) is 1.06. The van der Waals surface area contributed by atoms with Crippen LogP contribution in [0.15, 0.2) is 0 Å². The average Bonchev–Trinajstić information content (AvgIpc) is 2.29. The molecule has 1 aliphatic heterocycles. The molecule has 1 saturated heterocycles. The van der Waals surface area contributed by atoms with Crippen LogP contribution in [0.4, 0.5) is 0 Å². The highest BCUT2D eigenvalue weighted by Gasteiger charge is 2.31. The van der Waals surface area contributed by atoms with Crippen molar-refractivity contribution < 1.29 is 4.79 Å². The first kappa shape index (κ1) is 10.5. The minimum absolute atomic E-state index is 0.166. The van der Waals surface area contributed by atoms with Gasteiger partial charge in [-0.3, -0.25) is 9.69 Å². The van der Waals surface area contributed by atoms with Crippen LogP contribution in [0.5, 0.6) is 0 Å². The molecule has 1 aliphatic rings. The largest absolute Gasteiger partial charge is 0.339 e. The summed E-state index contributed by atoms with van der Waals surface area (Å²) in [6.07, 6.45) is 0.245. The van der Waals surface area contributed by atoms with Gasteiger partial charge in [-0.15, -0.1) is 0 Å². The van der Waals surface area contributed by atoms with Crippen LogP contribution in [0.2, 0.25) is 0 Å². The molecule has 1 fully saturated rings. The van der Waals surface area contributed by atoms with Gasteiger partial charge in [0.15, 0.2) is 0 Å². The zero-order valence-corrected chi connectivity index (χ0v) is 9.00. The molecule has 0 saturated carbocycles. The number of hydrogen-bond acceptors (Lipinski definition) is 2. The van der Waals surface area contributed by atoms with Gasteiger partial charge in [0, 0.05) is 6.54 Å². The van der Waals surface area contributed by atoms with E-state index >= 15 is 0 Å². The first-order chi connectivity index (χ1) is 6.00. The Labute approximate surface area is 80.5 Å². The Morgan fingerprint density at radius 2 is 2.08 bits per heavy atom. The van der Waals surface area contributed by atoms with E-state index in [1.807, 2.05) is 0 Å². The summed E-state index contributed by atoms with van der Waals surface area (Å²) >= 11 is 0. The molecule has 76 valence electrons. The van der Waals surface area contributed by atoms with Crippen LogP contribution in [0.1, 0.15) is 27.7 Å². The van der Waals surface area contributed by atoms with Crippen molar-refractivity contribution >= 4 is 5.91 Å². The summed E-state index contributed by atoms with van der Waals surface area (Å²) in [7, 11) is 0. The lowest BCUT2D eigenvalue weighted by Gasteiger charge is -2.27. The van der Waals surface area contributed by atoms with Crippen molar-refractivity contribution in [1.82, 2.24) is 10.2 Å². The Balaban J connectivity index is 2.55. The van der Waals surface area contributed by atoms with Crippen molar-refractivity contribution in [2.24, 2.45) is 11.8 Å². The van der Waals surface area contributed by atoms with E-state index in [-0.39, 0.29) is 12.1 Å². The quantitative estimate of drug-likeness (QED) is 0.711. The molecular weight excluding hydrogens is 164 g/mol. The number of carbonyl (C=O) groups is 1. The van der Waals surface area contributed by atoms with E-state index in [0.717, 1.165) is 6.54 Å². The van der Waals surface area contributed by atoms with Crippen LogP contribution >= 0.6 is 0 Å². The van der Waals surface area contributed by atoms with Gasteiger partial charge < -0.3 is 5.32 Å². The topological polar surface area (TPSA) is 32.3 Å². The monoisotopic (exact) mass is 184 g/mol. The van der Waals surface area contributed by atoms with Crippen LogP contribution in [-0.2, 0) is 4.79 Å². The number of carbonyl (C=O) groups excluding carboxylic acids is 1. The molecule has 1 atom stereocenters. The summed E-state index contributed by atoms with van der Waals surface area (Å²) in [4.78, 5) is 13.4. The van der Waals surface area contributed by atoms with Crippen molar-refractivity contribution in [1.29, 1.82) is 0 Å². The lowest BCUT2D eigenvalue weighted by molar-refractivity contribution is -0.118. The van der Waals surface area contributed by atoms with E-state index in [4.69, 9.17) is 0 Å². The van der Waals surface area contributed by atoms with Gasteiger partial charge in [-0.2, -0.15) is 0 Å². The van der Waals surface area contributed by atoms with Crippen LogP contribution in [-0.4, -0.2) is 30.1 Å². The Kier molecular flexibility index (Phi) is 3.31. The standard InChI is InChI=1S/C10H20N2O/c1-7(2)5-12-6-9(13)11-10(12)8(3)4/h7-8,10H,5-6H2,1-4H3,(H,11,13). The van der Waals surface area contributed by atoms with Crippen LogP contribution < -0.4 is 5.32 Å². The molecule has 0 bridgehead atoms. The zero-order valence-electron chi connectivity index (χ0n) is 9.00. The third kappa shape index (κ3) is 2.69. The van der Waals surface area contributed by atoms with Crippen molar-refractivity contribution in [2.75, 3.05) is 13.1 Å². The van der Waals surface area contributed by atoms with Gasteiger partial charge in [-0.25, -0.2) is 0 Å². The SMILES string of the molecule is CC(C)CN1CC(=O)NC1C(C)C. The molecule has 1 heterocycles. The zero-order chi connectivity index (χ0) is 10.0. The van der Waals surface area contributed by atoms with Crippen molar-refractivity contribution in [3.63, 3.8) is 0 Å². The summed E-state index contributed by atoms with van der Waals surface area (Å²) < 4.78 is 0. The summed E-state index contributed by atoms with van der Waals surface area (Å²) in [5.41, 5.74) is 0. The number of hydrogen-bond donors (Lipinski definition) is 1. The highest BCUT2D eigenvalue weighted by molar-refractivity contribution is 5.80. The number of amides is 1. The number of nitrogens with zero attached hydrogens (tertiary/aromatic N) is 1. The fraction of sp³-hybridized carbons (Fsp3) is 0.900. The van der Waals surface area contributed by atoms with Crippen LogP contribution in [0, 0.1) is 11.8 Å². The Morgan fingerprint density at radius 1 is 1.46 bits per heavy atom. The van der Waals surface area contributed by atoms with Gasteiger partial charge in [-0.05, 0) is 11.8 Å². The molecule has 0 aromatic carbocycles. The predicted molar refractivity (Wildman–Crippen MR) is 53.2 cm³/mol. The summed E-state index contributed by atoms with van der Waals surface area (Å²) in [6.45, 7) is 10.2. The number of nitrogens with one attached hydrogen (secondary N) is 1. The third-order valence-corrected chi connectivity index (χ3v) is 2.28. The van der Waals surface area contributed by atoms with Gasteiger partial charge in [0.05, 0.1) is 12.7 Å². The number of rotatable bonds is 3. The van der Waals surface area contributed by atoms with Crippen molar-refractivity contribution in [2.45, 2.75) is 33.9 Å². The lowest BCUT2D eigenvalue weighted by atomic mass is 10.1. The molecule has 0 aromatic rings. The molecule has 0 aromatic heterocycles. The van der Waals surface area contributed by atoms with Gasteiger partial charge in [-0.1, -0.05) is 27.7 Å². The molecule has 3 nitrogen and oxygen atoms in total. The molecule has 1 amide bonds. The van der Waals surface area contributed by atoms with E-state index in [2.05, 4.69) is 37.9 Å². The summed E-state index contributed by atoms with van der Waals surface area (Å²) in [5.74, 6) is 1.28. The van der Waals surface area contributed by atoms with Gasteiger partial charge in [0.25, 0.3) is 0 Å². The normalized spacial score (nSPS) is 24.5. The maximum atomic E-state index is 11.2. The second kappa shape index (κ2) is 4.09. The molecule has 0 spiro atoms. The second-order valence-electron chi connectivity index (χ2n) is 4.58. The smallest absolute Gasteiger partial charge is 0.235 e. The minimum Gasteiger partial charge on any atom is -0.339 e. The van der Waals surface area contributed by atoms with Crippen LogP contribution in [0.3, 0.4) is 0 Å². The Morgan fingerprint density at radius 3 is 2.54 bits per heavy atom. The minimum atomic E-state index is 0.166. The van der Waals surface area contributed by atoms with Gasteiger partial charge >= 0.3 is 0 Å². The van der Waals surface area contributed by atoms with Crippen LogP contribution in [0.25, 0.3) is 0 Å². The van der Waals surface area contributed by atoms with Crippen molar-refractivity contribution in [3.05, 3.63) is 0 Å². The lowest BCUT2D eigenvalue weighted by Crippen LogP contribution is -2.41. The van der Waals surface area contributed by atoms with E-state index in [9.17, 15) is 4.79 Å². The highest BCUT2D eigenvalue weighted by atomic mass is 16.2. The van der Waals surface area contributed by atoms with Gasteiger partial charge in [0.2, 0.25) is 5.91 Å². The Bertz CT molecular complexity index is 189. The molecule has 3 heteroatoms. The maximum Gasteiger partial charge on any atom is 0.235 e. The second-order valence-corrected chi connectivity index (χ2v) is 4.58. The van der Waals surface area contributed by atoms with E-state index in [0.29, 0.717) is 18.4 Å². The van der Waals surface area contributed by atoms with Crippen molar-refractivity contribution in [3.8, 4) is 0 Å². The average molecular weight is 184 g/mol. The molecular formula is C10H20N2O. The maximum absolute atomic E-state index is 11.2.